The van der Waals surface area contributed by atoms with Gasteiger partial charge in [-0.05, 0) is 37.7 Å². The van der Waals surface area contributed by atoms with E-state index in [2.05, 4.69) is 5.32 Å². The highest BCUT2D eigenvalue weighted by atomic mass is 16.5. The Morgan fingerprint density at radius 3 is 2.64 bits per heavy atom. The number of methoxy groups -OCH3 is 1. The lowest BCUT2D eigenvalue weighted by atomic mass is 9.77. The first-order valence-corrected chi connectivity index (χ1v) is 9.26. The molecular weight excluding hydrogens is 316 g/mol. The number of hydrogen-bond donors (Lipinski definition) is 1. The van der Waals surface area contributed by atoms with E-state index in [1.54, 1.807) is 7.11 Å². The Balaban J connectivity index is 1.51. The van der Waals surface area contributed by atoms with Gasteiger partial charge in [0.25, 0.3) is 0 Å². The smallest absolute Gasteiger partial charge is 0.224 e. The molecule has 0 aromatic heterocycles. The van der Waals surface area contributed by atoms with Crippen molar-refractivity contribution in [3.63, 3.8) is 0 Å². The van der Waals surface area contributed by atoms with Crippen LogP contribution in [0, 0.1) is 0 Å². The summed E-state index contributed by atoms with van der Waals surface area (Å²) in [7, 11) is 1.67. The Morgan fingerprint density at radius 1 is 1.24 bits per heavy atom. The van der Waals surface area contributed by atoms with Gasteiger partial charge in [-0.25, -0.2) is 0 Å². The summed E-state index contributed by atoms with van der Waals surface area (Å²) in [5.41, 5.74) is 1.04. The van der Waals surface area contributed by atoms with E-state index in [-0.39, 0.29) is 23.4 Å². The van der Waals surface area contributed by atoms with Gasteiger partial charge >= 0.3 is 0 Å². The molecule has 1 aliphatic heterocycles. The molecule has 5 heteroatoms. The third-order valence-corrected chi connectivity index (χ3v) is 5.69. The Bertz CT molecular complexity index is 594. The van der Waals surface area contributed by atoms with Crippen LogP contribution < -0.4 is 5.32 Å². The Hall–Kier alpha value is -1.88. The lowest BCUT2D eigenvalue weighted by molar-refractivity contribution is -0.133. The lowest BCUT2D eigenvalue weighted by Gasteiger charge is -2.44. The lowest BCUT2D eigenvalue weighted by Crippen LogP contribution is -2.52. The summed E-state index contributed by atoms with van der Waals surface area (Å²) in [4.78, 5) is 26.5. The molecule has 2 fully saturated rings. The maximum atomic E-state index is 12.3. The fraction of sp³-hybridized carbons (Fsp3) is 0.600. The Kier molecular flexibility index (Phi) is 5.74. The van der Waals surface area contributed by atoms with Gasteiger partial charge in [0.05, 0.1) is 13.0 Å². The SMILES string of the molecule is COCCN1C(=O)CCC12CCC(NC(=O)Cc1ccccc1)CC2. The highest BCUT2D eigenvalue weighted by Crippen LogP contribution is 2.42. The monoisotopic (exact) mass is 344 g/mol. The number of ether oxygens (including phenoxy) is 1. The van der Waals surface area contributed by atoms with Crippen LogP contribution in [-0.4, -0.2) is 48.6 Å². The molecule has 25 heavy (non-hydrogen) atoms. The van der Waals surface area contributed by atoms with E-state index in [9.17, 15) is 9.59 Å². The molecule has 1 saturated heterocycles. The quantitative estimate of drug-likeness (QED) is 0.861. The minimum atomic E-state index is -0.00370. The zero-order valence-corrected chi connectivity index (χ0v) is 15.0. The van der Waals surface area contributed by atoms with Crippen LogP contribution in [0.15, 0.2) is 30.3 Å². The summed E-state index contributed by atoms with van der Waals surface area (Å²) in [6, 6.07) is 10.1. The molecule has 3 rings (SSSR count). The standard InChI is InChI=1S/C20H28N2O3/c1-25-14-13-22-19(24)9-12-20(22)10-7-17(8-11-20)21-18(23)15-16-5-3-2-4-6-16/h2-6,17H,7-15H2,1H3,(H,21,23). The highest BCUT2D eigenvalue weighted by molar-refractivity contribution is 5.80. The van der Waals surface area contributed by atoms with Gasteiger partial charge in [0.15, 0.2) is 0 Å². The summed E-state index contributed by atoms with van der Waals surface area (Å²) in [6.45, 7) is 1.27. The molecule has 1 aliphatic carbocycles. The topological polar surface area (TPSA) is 58.6 Å². The summed E-state index contributed by atoms with van der Waals surface area (Å²) in [5, 5.41) is 3.18. The first-order chi connectivity index (χ1) is 12.1. The van der Waals surface area contributed by atoms with Crippen LogP contribution in [-0.2, 0) is 20.7 Å². The Labute approximate surface area is 149 Å². The minimum absolute atomic E-state index is 0.00370. The molecule has 1 spiro atoms. The van der Waals surface area contributed by atoms with Gasteiger partial charge in [0, 0.05) is 31.7 Å². The van der Waals surface area contributed by atoms with Crippen molar-refractivity contribution in [1.82, 2.24) is 10.2 Å². The van der Waals surface area contributed by atoms with Gasteiger partial charge < -0.3 is 15.0 Å². The van der Waals surface area contributed by atoms with Crippen LogP contribution in [0.4, 0.5) is 0 Å². The van der Waals surface area contributed by atoms with E-state index in [0.29, 0.717) is 26.0 Å². The van der Waals surface area contributed by atoms with Crippen LogP contribution in [0.3, 0.4) is 0 Å². The average molecular weight is 344 g/mol. The fourth-order valence-electron chi connectivity index (χ4n) is 4.30. The van der Waals surface area contributed by atoms with Crippen LogP contribution in [0.1, 0.15) is 44.1 Å². The molecule has 0 unspecified atom stereocenters. The number of nitrogens with one attached hydrogen (secondary N) is 1. The van der Waals surface area contributed by atoms with Gasteiger partial charge in [-0.3, -0.25) is 9.59 Å². The summed E-state index contributed by atoms with van der Waals surface area (Å²) >= 11 is 0. The van der Waals surface area contributed by atoms with E-state index in [0.717, 1.165) is 37.7 Å². The van der Waals surface area contributed by atoms with Crippen LogP contribution in [0.2, 0.25) is 0 Å². The van der Waals surface area contributed by atoms with Gasteiger partial charge in [-0.1, -0.05) is 30.3 Å². The van der Waals surface area contributed by atoms with Gasteiger partial charge in [0.2, 0.25) is 11.8 Å². The number of amides is 2. The third-order valence-electron chi connectivity index (χ3n) is 5.69. The molecule has 1 aromatic rings. The van der Waals surface area contributed by atoms with E-state index >= 15 is 0 Å². The van der Waals surface area contributed by atoms with Gasteiger partial charge in [0.1, 0.15) is 0 Å². The first-order valence-electron chi connectivity index (χ1n) is 9.26. The van der Waals surface area contributed by atoms with E-state index in [1.165, 1.54) is 0 Å². The van der Waals surface area contributed by atoms with Crippen LogP contribution >= 0.6 is 0 Å². The molecule has 1 N–H and O–H groups in total. The predicted molar refractivity (Wildman–Crippen MR) is 96.1 cm³/mol. The third kappa shape index (κ3) is 4.21. The molecule has 1 aromatic carbocycles. The zero-order chi connectivity index (χ0) is 17.7. The van der Waals surface area contributed by atoms with E-state index in [1.807, 2.05) is 35.2 Å². The number of hydrogen-bond acceptors (Lipinski definition) is 3. The van der Waals surface area contributed by atoms with Crippen molar-refractivity contribution < 1.29 is 14.3 Å². The van der Waals surface area contributed by atoms with Crippen molar-refractivity contribution in [2.75, 3.05) is 20.3 Å². The summed E-state index contributed by atoms with van der Waals surface area (Å²) in [6.07, 6.45) is 5.85. The maximum Gasteiger partial charge on any atom is 0.224 e. The second-order valence-corrected chi connectivity index (χ2v) is 7.27. The van der Waals surface area contributed by atoms with Crippen LogP contribution in [0.5, 0.6) is 0 Å². The molecule has 0 radical (unpaired) electrons. The van der Waals surface area contributed by atoms with Crippen LogP contribution in [0.25, 0.3) is 0 Å². The maximum absolute atomic E-state index is 12.3. The average Bonchev–Trinajstić information content (AvgIpc) is 2.92. The van der Waals surface area contributed by atoms with Gasteiger partial charge in [-0.2, -0.15) is 0 Å². The molecule has 0 bridgehead atoms. The number of nitrogens with zero attached hydrogens (tertiary/aromatic N) is 1. The highest BCUT2D eigenvalue weighted by Gasteiger charge is 2.46. The number of benzene rings is 1. The number of carbonyl (C=O) groups is 2. The van der Waals surface area contributed by atoms with Crippen molar-refractivity contribution in [3.8, 4) is 0 Å². The zero-order valence-electron chi connectivity index (χ0n) is 15.0. The molecular formula is C20H28N2O3. The fourth-order valence-corrected chi connectivity index (χ4v) is 4.30. The van der Waals surface area contributed by atoms with Crippen molar-refractivity contribution in [3.05, 3.63) is 35.9 Å². The molecule has 2 aliphatic rings. The van der Waals surface area contributed by atoms with E-state index in [4.69, 9.17) is 4.74 Å². The molecule has 5 nitrogen and oxygen atoms in total. The number of carbonyl (C=O) groups excluding carboxylic acids is 2. The largest absolute Gasteiger partial charge is 0.383 e. The normalized spacial score (nSPS) is 26.2. The van der Waals surface area contributed by atoms with E-state index < -0.39 is 0 Å². The molecule has 0 atom stereocenters. The predicted octanol–water partition coefficient (Wildman–Crippen LogP) is 2.30. The molecule has 1 heterocycles. The van der Waals surface area contributed by atoms with Crippen molar-refractivity contribution in [2.45, 2.75) is 56.5 Å². The minimum Gasteiger partial charge on any atom is -0.383 e. The summed E-state index contributed by atoms with van der Waals surface area (Å²) < 4.78 is 5.17. The van der Waals surface area contributed by atoms with Gasteiger partial charge in [-0.15, -0.1) is 0 Å². The molecule has 2 amide bonds. The number of likely N-dealkylation sites (tertiary alicyclic amines) is 1. The first kappa shape index (κ1) is 17.9. The van der Waals surface area contributed by atoms with Crippen molar-refractivity contribution >= 4 is 11.8 Å². The second-order valence-electron chi connectivity index (χ2n) is 7.27. The molecule has 1 saturated carbocycles. The molecule has 136 valence electrons. The Morgan fingerprint density at radius 2 is 1.96 bits per heavy atom. The van der Waals surface area contributed by atoms with Crippen molar-refractivity contribution in [2.24, 2.45) is 0 Å². The van der Waals surface area contributed by atoms with Crippen molar-refractivity contribution in [1.29, 1.82) is 0 Å². The summed E-state index contributed by atoms with van der Waals surface area (Å²) in [5.74, 6) is 0.342. The number of rotatable bonds is 6. The second kappa shape index (κ2) is 8.00.